The Labute approximate surface area is 147 Å². The zero-order valence-electron chi connectivity index (χ0n) is 15.6. The Morgan fingerprint density at radius 1 is 1.21 bits per heavy atom. The second kappa shape index (κ2) is 9.64. The van der Waals surface area contributed by atoms with Crippen molar-refractivity contribution in [2.24, 2.45) is 4.99 Å². The third kappa shape index (κ3) is 5.80. The zero-order valence-corrected chi connectivity index (χ0v) is 15.6. The maximum Gasteiger partial charge on any atom is 0.191 e. The van der Waals surface area contributed by atoms with Crippen LogP contribution in [0.5, 0.6) is 0 Å². The molecule has 134 valence electrons. The van der Waals surface area contributed by atoms with Crippen molar-refractivity contribution in [2.45, 2.75) is 25.8 Å². The topological polar surface area (TPSA) is 42.9 Å². The van der Waals surface area contributed by atoms with Crippen LogP contribution in [0.2, 0.25) is 0 Å². The first kappa shape index (κ1) is 18.7. The molecule has 0 amide bonds. The summed E-state index contributed by atoms with van der Waals surface area (Å²) in [6.45, 7) is 10.3. The SMILES string of the molecule is CCNC(=NCC(C)c1ccccc1)NCC1CN(C)CCN1C. The van der Waals surface area contributed by atoms with Crippen LogP contribution in [-0.2, 0) is 0 Å². The number of benzene rings is 1. The van der Waals surface area contributed by atoms with Gasteiger partial charge in [0.05, 0.1) is 0 Å². The van der Waals surface area contributed by atoms with Gasteiger partial charge in [-0.3, -0.25) is 9.89 Å². The zero-order chi connectivity index (χ0) is 17.4. The molecule has 1 saturated heterocycles. The maximum atomic E-state index is 4.78. The van der Waals surface area contributed by atoms with Crippen LogP contribution in [0.4, 0.5) is 0 Å². The molecule has 1 heterocycles. The van der Waals surface area contributed by atoms with E-state index in [2.05, 4.69) is 78.7 Å². The van der Waals surface area contributed by atoms with E-state index in [1.807, 2.05) is 0 Å². The molecule has 1 aromatic carbocycles. The Balaban J connectivity index is 1.88. The molecule has 1 aliphatic rings. The molecule has 5 heteroatoms. The third-order valence-corrected chi connectivity index (χ3v) is 4.72. The van der Waals surface area contributed by atoms with Crippen LogP contribution in [0.15, 0.2) is 35.3 Å². The highest BCUT2D eigenvalue weighted by atomic mass is 15.3. The maximum absolute atomic E-state index is 4.78. The van der Waals surface area contributed by atoms with Gasteiger partial charge >= 0.3 is 0 Å². The van der Waals surface area contributed by atoms with Gasteiger partial charge in [0.1, 0.15) is 0 Å². The molecule has 2 rings (SSSR count). The largest absolute Gasteiger partial charge is 0.357 e. The van der Waals surface area contributed by atoms with Crippen LogP contribution in [0.1, 0.15) is 25.3 Å². The number of likely N-dealkylation sites (N-methyl/N-ethyl adjacent to an activating group) is 2. The lowest BCUT2D eigenvalue weighted by atomic mass is 10.0. The first-order valence-electron chi connectivity index (χ1n) is 9.06. The fourth-order valence-corrected chi connectivity index (χ4v) is 2.99. The predicted octanol–water partition coefficient (Wildman–Crippen LogP) is 1.59. The Morgan fingerprint density at radius 2 is 1.96 bits per heavy atom. The van der Waals surface area contributed by atoms with E-state index in [-0.39, 0.29) is 0 Å². The van der Waals surface area contributed by atoms with E-state index in [9.17, 15) is 0 Å². The van der Waals surface area contributed by atoms with Gasteiger partial charge in [0.15, 0.2) is 5.96 Å². The van der Waals surface area contributed by atoms with Crippen molar-refractivity contribution in [3.63, 3.8) is 0 Å². The van der Waals surface area contributed by atoms with Crippen molar-refractivity contribution in [3.8, 4) is 0 Å². The normalized spacial score (nSPS) is 21.5. The molecule has 1 aromatic rings. The number of nitrogens with one attached hydrogen (secondary N) is 2. The second-order valence-electron chi connectivity index (χ2n) is 6.81. The van der Waals surface area contributed by atoms with Crippen LogP contribution in [0, 0.1) is 0 Å². The monoisotopic (exact) mass is 331 g/mol. The van der Waals surface area contributed by atoms with Gasteiger partial charge in [-0.15, -0.1) is 0 Å². The lowest BCUT2D eigenvalue weighted by Crippen LogP contribution is -2.55. The minimum Gasteiger partial charge on any atom is -0.357 e. The van der Waals surface area contributed by atoms with Gasteiger partial charge in [0.2, 0.25) is 0 Å². The molecule has 0 saturated carbocycles. The average Bonchev–Trinajstić information content (AvgIpc) is 2.60. The number of aliphatic imine (C=N–C) groups is 1. The smallest absolute Gasteiger partial charge is 0.191 e. The number of nitrogens with zero attached hydrogens (tertiary/aromatic N) is 3. The molecule has 0 radical (unpaired) electrons. The van der Waals surface area contributed by atoms with Crippen LogP contribution in [0.25, 0.3) is 0 Å². The van der Waals surface area contributed by atoms with Gasteiger partial charge in [0, 0.05) is 51.2 Å². The summed E-state index contributed by atoms with van der Waals surface area (Å²) in [5.41, 5.74) is 1.34. The molecule has 0 spiro atoms. The van der Waals surface area contributed by atoms with Gasteiger partial charge in [-0.1, -0.05) is 37.3 Å². The molecule has 2 N–H and O–H groups in total. The summed E-state index contributed by atoms with van der Waals surface area (Å²) >= 11 is 0. The minimum atomic E-state index is 0.421. The van der Waals surface area contributed by atoms with E-state index >= 15 is 0 Å². The van der Waals surface area contributed by atoms with E-state index in [4.69, 9.17) is 4.99 Å². The van der Waals surface area contributed by atoms with Crippen molar-refractivity contribution in [2.75, 3.05) is 53.4 Å². The van der Waals surface area contributed by atoms with Crippen molar-refractivity contribution in [3.05, 3.63) is 35.9 Å². The summed E-state index contributed by atoms with van der Waals surface area (Å²) in [5.74, 6) is 1.34. The van der Waals surface area contributed by atoms with E-state index in [1.165, 1.54) is 5.56 Å². The number of hydrogen-bond donors (Lipinski definition) is 2. The summed E-state index contributed by atoms with van der Waals surface area (Å²) in [5, 5.41) is 6.88. The van der Waals surface area contributed by atoms with E-state index < -0.39 is 0 Å². The molecule has 0 bridgehead atoms. The van der Waals surface area contributed by atoms with Gasteiger partial charge in [-0.05, 0) is 26.6 Å². The van der Waals surface area contributed by atoms with Crippen molar-refractivity contribution >= 4 is 5.96 Å². The van der Waals surface area contributed by atoms with Crippen LogP contribution in [-0.4, -0.2) is 75.2 Å². The lowest BCUT2D eigenvalue weighted by Gasteiger charge is -2.38. The average molecular weight is 332 g/mol. The molecule has 24 heavy (non-hydrogen) atoms. The molecular formula is C19H33N5. The predicted molar refractivity (Wildman–Crippen MR) is 103 cm³/mol. The summed E-state index contributed by atoms with van der Waals surface area (Å²) in [6, 6.07) is 11.1. The lowest BCUT2D eigenvalue weighted by molar-refractivity contribution is 0.116. The fraction of sp³-hybridized carbons (Fsp3) is 0.632. The Hall–Kier alpha value is -1.59. The summed E-state index contributed by atoms with van der Waals surface area (Å²) in [4.78, 5) is 9.61. The third-order valence-electron chi connectivity index (χ3n) is 4.72. The first-order chi connectivity index (χ1) is 11.6. The summed E-state index contributed by atoms with van der Waals surface area (Å²) in [7, 11) is 4.40. The van der Waals surface area contributed by atoms with Gasteiger partial charge in [-0.25, -0.2) is 0 Å². The molecular weight excluding hydrogens is 298 g/mol. The molecule has 2 atom stereocenters. The fourth-order valence-electron chi connectivity index (χ4n) is 2.99. The number of hydrogen-bond acceptors (Lipinski definition) is 3. The standard InChI is InChI=1S/C19H33N5/c1-5-20-19(21-13-16(2)17-9-7-6-8-10-17)22-14-18-15-23(3)11-12-24(18)4/h6-10,16,18H,5,11-15H2,1-4H3,(H2,20,21,22). The Kier molecular flexibility index (Phi) is 7.53. The molecule has 1 fully saturated rings. The summed E-state index contributed by atoms with van der Waals surface area (Å²) in [6.07, 6.45) is 0. The van der Waals surface area contributed by atoms with Crippen molar-refractivity contribution in [1.82, 2.24) is 20.4 Å². The van der Waals surface area contributed by atoms with Crippen molar-refractivity contribution in [1.29, 1.82) is 0 Å². The van der Waals surface area contributed by atoms with E-state index in [0.717, 1.165) is 45.2 Å². The van der Waals surface area contributed by atoms with Crippen LogP contribution >= 0.6 is 0 Å². The number of piperazine rings is 1. The Morgan fingerprint density at radius 3 is 2.67 bits per heavy atom. The number of guanidine groups is 1. The molecule has 1 aliphatic heterocycles. The quantitative estimate of drug-likeness (QED) is 0.614. The summed E-state index contributed by atoms with van der Waals surface area (Å²) < 4.78 is 0. The minimum absolute atomic E-state index is 0.421. The number of rotatable bonds is 6. The highest BCUT2D eigenvalue weighted by Crippen LogP contribution is 2.14. The van der Waals surface area contributed by atoms with Gasteiger partial charge < -0.3 is 15.5 Å². The second-order valence-corrected chi connectivity index (χ2v) is 6.81. The van der Waals surface area contributed by atoms with Gasteiger partial charge in [-0.2, -0.15) is 0 Å². The van der Waals surface area contributed by atoms with E-state index in [0.29, 0.717) is 12.0 Å². The van der Waals surface area contributed by atoms with Crippen molar-refractivity contribution < 1.29 is 0 Å². The highest BCUT2D eigenvalue weighted by Gasteiger charge is 2.22. The molecule has 0 aliphatic carbocycles. The van der Waals surface area contributed by atoms with Crippen LogP contribution < -0.4 is 10.6 Å². The Bertz CT molecular complexity index is 502. The molecule has 5 nitrogen and oxygen atoms in total. The van der Waals surface area contributed by atoms with Crippen LogP contribution in [0.3, 0.4) is 0 Å². The molecule has 0 aromatic heterocycles. The van der Waals surface area contributed by atoms with Gasteiger partial charge in [0.25, 0.3) is 0 Å². The first-order valence-corrected chi connectivity index (χ1v) is 9.06. The van der Waals surface area contributed by atoms with E-state index in [1.54, 1.807) is 0 Å². The highest BCUT2D eigenvalue weighted by molar-refractivity contribution is 5.79. The molecule has 2 unspecified atom stereocenters.